The van der Waals surface area contributed by atoms with Crippen LogP contribution in [-0.4, -0.2) is 20.6 Å². The van der Waals surface area contributed by atoms with Crippen LogP contribution in [0.5, 0.6) is 0 Å². The molecule has 0 saturated carbocycles. The standard InChI is InChI=1S/C12H14ClN3S/c13-9-4-1-5-10-11(9)16(12(14)15-10)7-8-3-2-6-17-8/h1,4-5,8H,2-3,6-7H2,(H2,14,15). The molecule has 1 atom stereocenters. The van der Waals surface area contributed by atoms with E-state index in [1.807, 2.05) is 30.0 Å². The first-order chi connectivity index (χ1) is 8.25. The van der Waals surface area contributed by atoms with E-state index in [1.54, 1.807) is 0 Å². The molecule has 1 aromatic carbocycles. The van der Waals surface area contributed by atoms with Crippen molar-refractivity contribution in [2.75, 3.05) is 11.5 Å². The van der Waals surface area contributed by atoms with Crippen molar-refractivity contribution in [1.82, 2.24) is 9.55 Å². The number of halogens is 1. The molecule has 90 valence electrons. The quantitative estimate of drug-likeness (QED) is 0.909. The number of nitrogens with two attached hydrogens (primary N) is 1. The summed E-state index contributed by atoms with van der Waals surface area (Å²) in [7, 11) is 0. The summed E-state index contributed by atoms with van der Waals surface area (Å²) in [5, 5.41) is 1.38. The number of fused-ring (bicyclic) bond motifs is 1. The van der Waals surface area contributed by atoms with Gasteiger partial charge in [-0.2, -0.15) is 11.8 Å². The van der Waals surface area contributed by atoms with Gasteiger partial charge in [0.15, 0.2) is 0 Å². The third kappa shape index (κ3) is 2.00. The predicted octanol–water partition coefficient (Wildman–Crippen LogP) is 3.17. The lowest BCUT2D eigenvalue weighted by Crippen LogP contribution is -2.12. The van der Waals surface area contributed by atoms with Gasteiger partial charge in [0.05, 0.1) is 16.1 Å². The first kappa shape index (κ1) is 11.2. The topological polar surface area (TPSA) is 43.8 Å². The number of anilines is 1. The summed E-state index contributed by atoms with van der Waals surface area (Å²) in [6.07, 6.45) is 2.56. The Morgan fingerprint density at radius 3 is 3.18 bits per heavy atom. The lowest BCUT2D eigenvalue weighted by Gasteiger charge is -2.12. The molecule has 1 fully saturated rings. The largest absolute Gasteiger partial charge is 0.369 e. The Labute approximate surface area is 109 Å². The third-order valence-corrected chi connectivity index (χ3v) is 4.84. The zero-order chi connectivity index (χ0) is 11.8. The van der Waals surface area contributed by atoms with Crippen LogP contribution in [0.15, 0.2) is 18.2 Å². The molecule has 0 amide bonds. The minimum atomic E-state index is 0.570. The van der Waals surface area contributed by atoms with E-state index in [9.17, 15) is 0 Å². The van der Waals surface area contributed by atoms with E-state index in [0.717, 1.165) is 22.6 Å². The van der Waals surface area contributed by atoms with Crippen molar-refractivity contribution in [2.45, 2.75) is 24.6 Å². The Kier molecular flexibility index (Phi) is 2.92. The molecule has 1 aliphatic rings. The maximum absolute atomic E-state index is 6.24. The zero-order valence-electron chi connectivity index (χ0n) is 9.40. The average Bonchev–Trinajstić information content (AvgIpc) is 2.89. The molecule has 1 aliphatic heterocycles. The molecular formula is C12H14ClN3S. The molecule has 0 radical (unpaired) electrons. The van der Waals surface area contributed by atoms with Gasteiger partial charge < -0.3 is 10.3 Å². The minimum absolute atomic E-state index is 0.570. The van der Waals surface area contributed by atoms with Crippen LogP contribution in [0.2, 0.25) is 5.02 Å². The fourth-order valence-electron chi connectivity index (χ4n) is 2.34. The number of rotatable bonds is 2. The summed E-state index contributed by atoms with van der Waals surface area (Å²) in [6.45, 7) is 0.913. The average molecular weight is 268 g/mol. The van der Waals surface area contributed by atoms with E-state index in [2.05, 4.69) is 9.55 Å². The summed E-state index contributed by atoms with van der Waals surface area (Å²) in [6, 6.07) is 5.75. The number of thioether (sulfide) groups is 1. The van der Waals surface area contributed by atoms with E-state index in [-0.39, 0.29) is 0 Å². The Hall–Kier alpha value is -0.870. The predicted molar refractivity (Wildman–Crippen MR) is 74.6 cm³/mol. The van der Waals surface area contributed by atoms with Gasteiger partial charge in [0.2, 0.25) is 5.95 Å². The van der Waals surface area contributed by atoms with E-state index < -0.39 is 0 Å². The molecule has 1 saturated heterocycles. The van der Waals surface area contributed by atoms with Crippen molar-refractivity contribution in [2.24, 2.45) is 0 Å². The van der Waals surface area contributed by atoms with Crippen LogP contribution in [0, 0.1) is 0 Å². The van der Waals surface area contributed by atoms with Crippen molar-refractivity contribution in [1.29, 1.82) is 0 Å². The van der Waals surface area contributed by atoms with Crippen LogP contribution in [0.25, 0.3) is 11.0 Å². The highest BCUT2D eigenvalue weighted by Crippen LogP contribution is 2.31. The zero-order valence-corrected chi connectivity index (χ0v) is 11.0. The van der Waals surface area contributed by atoms with Gasteiger partial charge in [-0.3, -0.25) is 0 Å². The monoisotopic (exact) mass is 267 g/mol. The van der Waals surface area contributed by atoms with Gasteiger partial charge in [-0.15, -0.1) is 0 Å². The van der Waals surface area contributed by atoms with Gasteiger partial charge >= 0.3 is 0 Å². The number of imidazole rings is 1. The first-order valence-electron chi connectivity index (χ1n) is 5.77. The SMILES string of the molecule is Nc1nc2cccc(Cl)c2n1CC1CCCS1. The van der Waals surface area contributed by atoms with Crippen LogP contribution in [0.4, 0.5) is 5.95 Å². The highest BCUT2D eigenvalue weighted by molar-refractivity contribution is 8.00. The van der Waals surface area contributed by atoms with Gasteiger partial charge in [-0.05, 0) is 30.7 Å². The Morgan fingerprint density at radius 2 is 2.41 bits per heavy atom. The van der Waals surface area contributed by atoms with Gasteiger partial charge in [0, 0.05) is 11.8 Å². The lowest BCUT2D eigenvalue weighted by molar-refractivity contribution is 0.658. The molecule has 2 heterocycles. The molecular weight excluding hydrogens is 254 g/mol. The second-order valence-electron chi connectivity index (χ2n) is 4.32. The molecule has 0 aliphatic carbocycles. The number of para-hydroxylation sites is 1. The smallest absolute Gasteiger partial charge is 0.201 e. The maximum Gasteiger partial charge on any atom is 0.201 e. The van der Waals surface area contributed by atoms with Crippen molar-refractivity contribution in [3.8, 4) is 0 Å². The van der Waals surface area contributed by atoms with Crippen LogP contribution < -0.4 is 5.73 Å². The molecule has 17 heavy (non-hydrogen) atoms. The van der Waals surface area contributed by atoms with Crippen LogP contribution >= 0.6 is 23.4 Å². The first-order valence-corrected chi connectivity index (χ1v) is 7.20. The van der Waals surface area contributed by atoms with Gasteiger partial charge in [0.25, 0.3) is 0 Å². The Balaban J connectivity index is 2.04. The lowest BCUT2D eigenvalue weighted by atomic mass is 10.2. The molecule has 1 unspecified atom stereocenters. The molecule has 2 N–H and O–H groups in total. The summed E-state index contributed by atoms with van der Waals surface area (Å²) in [5.74, 6) is 1.82. The molecule has 5 heteroatoms. The third-order valence-electron chi connectivity index (χ3n) is 3.16. The fraction of sp³-hybridized carbons (Fsp3) is 0.417. The van der Waals surface area contributed by atoms with Gasteiger partial charge in [0.1, 0.15) is 0 Å². The highest BCUT2D eigenvalue weighted by atomic mass is 35.5. The van der Waals surface area contributed by atoms with Crippen molar-refractivity contribution < 1.29 is 0 Å². The van der Waals surface area contributed by atoms with Crippen molar-refractivity contribution in [3.63, 3.8) is 0 Å². The number of aromatic nitrogens is 2. The van der Waals surface area contributed by atoms with Crippen molar-refractivity contribution >= 4 is 40.3 Å². The highest BCUT2D eigenvalue weighted by Gasteiger charge is 2.19. The summed E-state index contributed by atoms with van der Waals surface area (Å²) in [4.78, 5) is 4.36. The molecule has 0 bridgehead atoms. The minimum Gasteiger partial charge on any atom is -0.369 e. The summed E-state index contributed by atoms with van der Waals surface area (Å²) in [5.41, 5.74) is 7.84. The molecule has 1 aromatic heterocycles. The number of nitrogens with zero attached hydrogens (tertiary/aromatic N) is 2. The van der Waals surface area contributed by atoms with Crippen LogP contribution in [-0.2, 0) is 6.54 Å². The Morgan fingerprint density at radius 1 is 1.53 bits per heavy atom. The molecule has 3 nitrogen and oxygen atoms in total. The number of benzene rings is 1. The van der Waals surface area contributed by atoms with E-state index in [1.165, 1.54) is 18.6 Å². The molecule has 2 aromatic rings. The van der Waals surface area contributed by atoms with E-state index in [0.29, 0.717) is 11.2 Å². The molecule has 0 spiro atoms. The fourth-order valence-corrected chi connectivity index (χ4v) is 3.86. The Bertz CT molecular complexity index is 546. The van der Waals surface area contributed by atoms with Gasteiger partial charge in [-0.1, -0.05) is 17.7 Å². The summed E-state index contributed by atoms with van der Waals surface area (Å²) < 4.78 is 2.06. The number of hydrogen-bond acceptors (Lipinski definition) is 3. The number of hydrogen-bond donors (Lipinski definition) is 1. The normalized spacial score (nSPS) is 20.2. The van der Waals surface area contributed by atoms with Crippen LogP contribution in [0.3, 0.4) is 0 Å². The second kappa shape index (κ2) is 4.42. The van der Waals surface area contributed by atoms with E-state index >= 15 is 0 Å². The second-order valence-corrected chi connectivity index (χ2v) is 6.14. The maximum atomic E-state index is 6.24. The van der Waals surface area contributed by atoms with E-state index in [4.69, 9.17) is 17.3 Å². The summed E-state index contributed by atoms with van der Waals surface area (Å²) >= 11 is 8.25. The van der Waals surface area contributed by atoms with Gasteiger partial charge in [-0.25, -0.2) is 4.98 Å². The number of nitrogen functional groups attached to an aromatic ring is 1. The van der Waals surface area contributed by atoms with Crippen molar-refractivity contribution in [3.05, 3.63) is 23.2 Å². The van der Waals surface area contributed by atoms with Crippen LogP contribution in [0.1, 0.15) is 12.8 Å². The molecule has 3 rings (SSSR count).